The molecule has 10 heteroatoms. The number of unbranched alkanes of at least 4 members (excludes halogenated alkanes) is 18. The van der Waals surface area contributed by atoms with Crippen LogP contribution in [0, 0.1) is 0 Å². The van der Waals surface area contributed by atoms with E-state index in [1.54, 1.807) is 0 Å². The van der Waals surface area contributed by atoms with Gasteiger partial charge in [0, 0.05) is 12.8 Å². The maximum Gasteiger partial charge on any atom is 0.472 e. The lowest BCUT2D eigenvalue weighted by atomic mass is 10.0. The Labute approximate surface area is 380 Å². The van der Waals surface area contributed by atoms with E-state index in [9.17, 15) is 19.0 Å². The molecule has 0 spiro atoms. The number of quaternary nitrogens is 1. The Morgan fingerprint density at radius 3 is 1.37 bits per heavy atom. The fraction of sp³-hybridized carbons (Fsp3) is 0.731. The van der Waals surface area contributed by atoms with Crippen LogP contribution in [0.5, 0.6) is 0 Å². The number of rotatable bonds is 44. The SMILES string of the molecule is CC/C=C\C/C=C\C/C=C\C/C=C\CCCCCCCCCCCCCCC(=O)OC(COC(=O)CCCCCCC/C=C\C/C=C\CCC)COP(=O)(O)OCC[N+](C)(C)C. The maximum absolute atomic E-state index is 12.7. The normalized spacial score (nSPS) is 14.1. The van der Waals surface area contributed by atoms with Gasteiger partial charge in [-0.05, 0) is 77.0 Å². The molecule has 0 aromatic heterocycles. The minimum atomic E-state index is -4.38. The molecule has 2 unspecified atom stereocenters. The van der Waals surface area contributed by atoms with Gasteiger partial charge < -0.3 is 18.9 Å². The fourth-order valence-corrected chi connectivity index (χ4v) is 7.14. The van der Waals surface area contributed by atoms with E-state index in [0.29, 0.717) is 17.4 Å². The standard InChI is InChI=1S/C52H92NO8P/c1-6-8-10-12-14-16-18-20-21-22-23-24-25-26-27-28-29-30-31-33-35-37-39-41-43-45-52(55)61-50(49-60-62(56,57)59-47-46-53(3,4)5)48-58-51(54)44-42-40-38-36-34-32-19-17-15-13-11-9-7-2/h8,10-11,13-14,16-17,19-21,23-24,50H,6-7,9,12,15,18,22,25-49H2,1-5H3/p+1/b10-8-,13-11-,16-14-,19-17-,21-20-,24-23-. The van der Waals surface area contributed by atoms with Crippen LogP contribution in [0.3, 0.4) is 0 Å². The molecule has 358 valence electrons. The van der Waals surface area contributed by atoms with E-state index in [-0.39, 0.29) is 32.0 Å². The molecule has 0 heterocycles. The highest BCUT2D eigenvalue weighted by Crippen LogP contribution is 2.43. The fourth-order valence-electron chi connectivity index (χ4n) is 6.40. The molecule has 1 N–H and O–H groups in total. The van der Waals surface area contributed by atoms with Crippen molar-refractivity contribution in [3.05, 3.63) is 72.9 Å². The van der Waals surface area contributed by atoms with Gasteiger partial charge in [0.25, 0.3) is 0 Å². The third kappa shape index (κ3) is 46.9. The molecule has 0 aromatic carbocycles. The first kappa shape index (κ1) is 59.5. The Balaban J connectivity index is 4.23. The minimum Gasteiger partial charge on any atom is -0.462 e. The first-order valence-corrected chi connectivity index (χ1v) is 26.2. The van der Waals surface area contributed by atoms with Crippen molar-refractivity contribution in [3.63, 3.8) is 0 Å². The molecule has 0 aliphatic carbocycles. The smallest absolute Gasteiger partial charge is 0.462 e. The van der Waals surface area contributed by atoms with E-state index in [1.165, 1.54) is 64.2 Å². The Morgan fingerprint density at radius 1 is 0.516 bits per heavy atom. The summed E-state index contributed by atoms with van der Waals surface area (Å²) in [5, 5.41) is 0. The molecule has 0 saturated carbocycles. The van der Waals surface area contributed by atoms with E-state index in [1.807, 2.05) is 21.1 Å². The number of allylic oxidation sites excluding steroid dienone is 12. The monoisotopic (exact) mass is 891 g/mol. The van der Waals surface area contributed by atoms with Crippen molar-refractivity contribution in [3.8, 4) is 0 Å². The van der Waals surface area contributed by atoms with E-state index < -0.39 is 26.5 Å². The van der Waals surface area contributed by atoms with Crippen molar-refractivity contribution in [2.45, 2.75) is 200 Å². The predicted octanol–water partition coefficient (Wildman–Crippen LogP) is 14.6. The van der Waals surface area contributed by atoms with E-state index in [2.05, 4.69) is 86.8 Å². The highest BCUT2D eigenvalue weighted by Gasteiger charge is 2.27. The molecule has 62 heavy (non-hydrogen) atoms. The number of phosphoric acid groups is 1. The molecule has 0 saturated heterocycles. The van der Waals surface area contributed by atoms with Gasteiger partial charge in [0.15, 0.2) is 6.10 Å². The van der Waals surface area contributed by atoms with Crippen LogP contribution in [0.4, 0.5) is 0 Å². The number of ether oxygens (including phenoxy) is 2. The summed E-state index contributed by atoms with van der Waals surface area (Å²) in [5.74, 6) is -0.820. The molecule has 0 aromatic rings. The lowest BCUT2D eigenvalue weighted by molar-refractivity contribution is -0.870. The molecular formula is C52H93NO8P+. The third-order valence-corrected chi connectivity index (χ3v) is 11.2. The molecule has 0 aliphatic rings. The Bertz CT molecular complexity index is 1280. The van der Waals surface area contributed by atoms with Crippen molar-refractivity contribution in [1.82, 2.24) is 0 Å². The molecule has 0 rings (SSSR count). The van der Waals surface area contributed by atoms with Crippen LogP contribution in [-0.4, -0.2) is 74.9 Å². The zero-order valence-electron chi connectivity index (χ0n) is 40.3. The van der Waals surface area contributed by atoms with Crippen LogP contribution in [0.1, 0.15) is 194 Å². The van der Waals surface area contributed by atoms with E-state index in [0.717, 1.165) is 96.3 Å². The average Bonchev–Trinajstić information content (AvgIpc) is 3.23. The van der Waals surface area contributed by atoms with Crippen LogP contribution in [-0.2, 0) is 32.7 Å². The number of likely N-dealkylation sites (N-methyl/N-ethyl adjacent to an activating group) is 1. The summed E-state index contributed by atoms with van der Waals surface area (Å²) in [6.07, 6.45) is 55.3. The third-order valence-electron chi connectivity index (χ3n) is 10.2. The van der Waals surface area contributed by atoms with E-state index in [4.69, 9.17) is 18.5 Å². The quantitative estimate of drug-likeness (QED) is 0.0212. The summed E-state index contributed by atoms with van der Waals surface area (Å²) < 4.78 is 34.4. The molecule has 0 radical (unpaired) electrons. The van der Waals surface area contributed by atoms with Crippen LogP contribution >= 0.6 is 7.82 Å². The van der Waals surface area contributed by atoms with Gasteiger partial charge in [-0.1, -0.05) is 177 Å². The molecule has 9 nitrogen and oxygen atoms in total. The topological polar surface area (TPSA) is 108 Å². The minimum absolute atomic E-state index is 0.0261. The van der Waals surface area contributed by atoms with Crippen molar-refractivity contribution in [2.75, 3.05) is 47.5 Å². The zero-order chi connectivity index (χ0) is 45.7. The van der Waals surface area contributed by atoms with Gasteiger partial charge in [-0.3, -0.25) is 18.6 Å². The Kier molecular flexibility index (Phi) is 41.9. The number of hydrogen-bond donors (Lipinski definition) is 1. The number of esters is 2. The maximum atomic E-state index is 12.7. The zero-order valence-corrected chi connectivity index (χ0v) is 41.2. The van der Waals surface area contributed by atoms with Crippen molar-refractivity contribution in [2.24, 2.45) is 0 Å². The highest BCUT2D eigenvalue weighted by atomic mass is 31.2. The van der Waals surface area contributed by atoms with Crippen LogP contribution in [0.15, 0.2) is 72.9 Å². The van der Waals surface area contributed by atoms with Crippen LogP contribution < -0.4 is 0 Å². The van der Waals surface area contributed by atoms with Crippen LogP contribution in [0.2, 0.25) is 0 Å². The molecule has 0 aliphatic heterocycles. The van der Waals surface area contributed by atoms with E-state index >= 15 is 0 Å². The highest BCUT2D eigenvalue weighted by molar-refractivity contribution is 7.47. The van der Waals surface area contributed by atoms with Crippen LogP contribution in [0.25, 0.3) is 0 Å². The second-order valence-electron chi connectivity index (χ2n) is 17.5. The molecular weight excluding hydrogens is 798 g/mol. The Morgan fingerprint density at radius 2 is 0.919 bits per heavy atom. The number of carbonyl (C=O) groups is 2. The summed E-state index contributed by atoms with van der Waals surface area (Å²) >= 11 is 0. The van der Waals surface area contributed by atoms with Gasteiger partial charge in [-0.15, -0.1) is 0 Å². The van der Waals surface area contributed by atoms with Gasteiger partial charge in [0.2, 0.25) is 0 Å². The molecule has 0 amide bonds. The van der Waals surface area contributed by atoms with Gasteiger partial charge in [0.05, 0.1) is 27.7 Å². The first-order chi connectivity index (χ1) is 30.0. The summed E-state index contributed by atoms with van der Waals surface area (Å²) in [5.41, 5.74) is 0. The molecule has 0 fully saturated rings. The lowest BCUT2D eigenvalue weighted by Crippen LogP contribution is -2.37. The average molecular weight is 891 g/mol. The van der Waals surface area contributed by atoms with Crippen molar-refractivity contribution in [1.29, 1.82) is 0 Å². The second kappa shape index (κ2) is 43.7. The number of hydrogen-bond acceptors (Lipinski definition) is 7. The predicted molar refractivity (Wildman–Crippen MR) is 261 cm³/mol. The molecule has 0 bridgehead atoms. The van der Waals surface area contributed by atoms with Gasteiger partial charge in [0.1, 0.15) is 19.8 Å². The summed E-state index contributed by atoms with van der Waals surface area (Å²) in [6, 6.07) is 0. The lowest BCUT2D eigenvalue weighted by Gasteiger charge is -2.24. The largest absolute Gasteiger partial charge is 0.472 e. The first-order valence-electron chi connectivity index (χ1n) is 24.7. The number of nitrogens with zero attached hydrogens (tertiary/aromatic N) is 1. The van der Waals surface area contributed by atoms with Crippen molar-refractivity contribution >= 4 is 19.8 Å². The number of phosphoric ester groups is 1. The van der Waals surface area contributed by atoms with Gasteiger partial charge in [-0.2, -0.15) is 0 Å². The number of carbonyl (C=O) groups excluding carboxylic acids is 2. The van der Waals surface area contributed by atoms with Crippen molar-refractivity contribution < 1.29 is 42.1 Å². The summed E-state index contributed by atoms with van der Waals surface area (Å²) in [7, 11) is 1.46. The summed E-state index contributed by atoms with van der Waals surface area (Å²) in [4.78, 5) is 35.5. The van der Waals surface area contributed by atoms with Gasteiger partial charge in [-0.25, -0.2) is 4.57 Å². The van der Waals surface area contributed by atoms with Gasteiger partial charge >= 0.3 is 19.8 Å². The summed E-state index contributed by atoms with van der Waals surface area (Å²) in [6.45, 7) is 4.22. The molecule has 2 atom stereocenters. The Hall–Kier alpha value is -2.55. The second-order valence-corrected chi connectivity index (χ2v) is 18.9.